The van der Waals surface area contributed by atoms with Crippen LogP contribution in [0.1, 0.15) is 12.8 Å². The third-order valence-corrected chi connectivity index (χ3v) is 3.51. The van der Waals surface area contributed by atoms with Crippen molar-refractivity contribution in [1.29, 1.82) is 0 Å². The zero-order chi connectivity index (χ0) is 11.0. The van der Waals surface area contributed by atoms with Crippen molar-refractivity contribution < 1.29 is 14.3 Å². The molecule has 0 N–H and O–H groups in total. The fourth-order valence-electron chi connectivity index (χ4n) is 2.13. The van der Waals surface area contributed by atoms with Crippen molar-refractivity contribution in [3.05, 3.63) is 0 Å². The molecule has 2 aliphatic rings. The van der Waals surface area contributed by atoms with E-state index in [1.165, 1.54) is 7.11 Å². The molecule has 0 aliphatic carbocycles. The normalized spacial score (nSPS) is 31.6. The third kappa shape index (κ3) is 1.76. The predicted molar refractivity (Wildman–Crippen MR) is 56.2 cm³/mol. The molecule has 1 amide bonds. The van der Waals surface area contributed by atoms with Crippen LogP contribution < -0.4 is 0 Å². The molecule has 2 unspecified atom stereocenters. The van der Waals surface area contributed by atoms with Gasteiger partial charge in [-0.05, 0) is 12.8 Å². The highest BCUT2D eigenvalue weighted by atomic mass is 79.9. The summed E-state index contributed by atoms with van der Waals surface area (Å²) in [4.78, 5) is 23.1. The maximum atomic E-state index is 11.8. The molecule has 0 radical (unpaired) electrons. The molecule has 2 atom stereocenters. The van der Waals surface area contributed by atoms with E-state index < -0.39 is 6.04 Å². The van der Waals surface area contributed by atoms with E-state index in [0.717, 1.165) is 13.0 Å². The minimum absolute atomic E-state index is 0.0369. The Balaban J connectivity index is 2.19. The first-order valence-electron chi connectivity index (χ1n) is 4.95. The third-order valence-electron chi connectivity index (χ3n) is 2.83. The van der Waals surface area contributed by atoms with Crippen molar-refractivity contribution in [3.8, 4) is 0 Å². The van der Waals surface area contributed by atoms with E-state index in [1.807, 2.05) is 5.01 Å². The first-order chi connectivity index (χ1) is 7.15. The lowest BCUT2D eigenvalue weighted by molar-refractivity contribution is -0.166. The van der Waals surface area contributed by atoms with Crippen LogP contribution in [0.2, 0.25) is 0 Å². The van der Waals surface area contributed by atoms with Crippen LogP contribution in [0.25, 0.3) is 0 Å². The molecule has 84 valence electrons. The standard InChI is InChI=1S/C9H13BrN2O3/c1-15-9(14)7-3-2-4-11-5-6(10)8(13)12(7)11/h6-7H,2-5H2,1H3. The second-order valence-electron chi connectivity index (χ2n) is 3.74. The van der Waals surface area contributed by atoms with Gasteiger partial charge < -0.3 is 4.74 Å². The summed E-state index contributed by atoms with van der Waals surface area (Å²) in [6.45, 7) is 1.48. The Morgan fingerprint density at radius 2 is 2.33 bits per heavy atom. The van der Waals surface area contributed by atoms with Crippen molar-refractivity contribution >= 4 is 27.8 Å². The van der Waals surface area contributed by atoms with E-state index in [2.05, 4.69) is 15.9 Å². The largest absolute Gasteiger partial charge is 0.467 e. The molecule has 5 nitrogen and oxygen atoms in total. The van der Waals surface area contributed by atoms with Crippen molar-refractivity contribution in [1.82, 2.24) is 10.0 Å². The lowest BCUT2D eigenvalue weighted by Gasteiger charge is -2.37. The molecule has 0 aromatic heterocycles. The number of nitrogens with zero attached hydrogens (tertiary/aromatic N) is 2. The zero-order valence-corrected chi connectivity index (χ0v) is 10.1. The van der Waals surface area contributed by atoms with Gasteiger partial charge >= 0.3 is 5.97 Å². The average Bonchev–Trinajstić information content (AvgIpc) is 2.54. The molecule has 2 aliphatic heterocycles. The van der Waals surface area contributed by atoms with Crippen molar-refractivity contribution in [2.75, 3.05) is 20.2 Å². The van der Waals surface area contributed by atoms with Crippen molar-refractivity contribution in [2.24, 2.45) is 0 Å². The molecule has 0 bridgehead atoms. The van der Waals surface area contributed by atoms with E-state index in [4.69, 9.17) is 4.74 Å². The summed E-state index contributed by atoms with van der Waals surface area (Å²) >= 11 is 3.31. The number of hydrazine groups is 1. The number of hydrogen-bond donors (Lipinski definition) is 0. The lowest BCUT2D eigenvalue weighted by atomic mass is 10.1. The van der Waals surface area contributed by atoms with Gasteiger partial charge in [0.2, 0.25) is 0 Å². The molecule has 2 saturated heterocycles. The van der Waals surface area contributed by atoms with E-state index in [0.29, 0.717) is 13.0 Å². The molecule has 0 aromatic rings. The van der Waals surface area contributed by atoms with Crippen molar-refractivity contribution in [2.45, 2.75) is 23.7 Å². The smallest absolute Gasteiger partial charge is 0.330 e. The fraction of sp³-hybridized carbons (Fsp3) is 0.778. The first-order valence-corrected chi connectivity index (χ1v) is 5.86. The molecule has 2 fully saturated rings. The highest BCUT2D eigenvalue weighted by Crippen LogP contribution is 2.28. The van der Waals surface area contributed by atoms with Gasteiger partial charge in [-0.15, -0.1) is 0 Å². The van der Waals surface area contributed by atoms with Gasteiger partial charge in [0.1, 0.15) is 10.9 Å². The van der Waals surface area contributed by atoms with Gasteiger partial charge in [0.15, 0.2) is 0 Å². The number of ether oxygens (including phenoxy) is 1. The van der Waals surface area contributed by atoms with Gasteiger partial charge in [-0.1, -0.05) is 15.9 Å². The maximum Gasteiger partial charge on any atom is 0.330 e. The van der Waals surface area contributed by atoms with Crippen LogP contribution in [-0.4, -0.2) is 53.0 Å². The second kappa shape index (κ2) is 4.09. The lowest BCUT2D eigenvalue weighted by Crippen LogP contribution is -2.53. The Hall–Kier alpha value is -0.620. The van der Waals surface area contributed by atoms with E-state index in [-0.39, 0.29) is 16.7 Å². The summed E-state index contributed by atoms with van der Waals surface area (Å²) in [6.07, 6.45) is 1.61. The average molecular weight is 277 g/mol. The Bertz CT molecular complexity index is 297. The van der Waals surface area contributed by atoms with Crippen LogP contribution in [0.4, 0.5) is 0 Å². The van der Waals surface area contributed by atoms with Crippen LogP contribution in [0, 0.1) is 0 Å². The molecule has 15 heavy (non-hydrogen) atoms. The van der Waals surface area contributed by atoms with Crippen molar-refractivity contribution in [3.63, 3.8) is 0 Å². The summed E-state index contributed by atoms with van der Waals surface area (Å²) in [5, 5.41) is 3.47. The minimum atomic E-state index is -0.432. The number of carbonyl (C=O) groups excluding carboxylic acids is 2. The fourth-order valence-corrected chi connectivity index (χ4v) is 2.67. The van der Waals surface area contributed by atoms with Gasteiger partial charge in [0.05, 0.1) is 7.11 Å². The van der Waals surface area contributed by atoms with Crippen LogP contribution in [0.5, 0.6) is 0 Å². The van der Waals surface area contributed by atoms with Crippen LogP contribution in [0.15, 0.2) is 0 Å². The Morgan fingerprint density at radius 1 is 1.60 bits per heavy atom. The molecule has 0 saturated carbocycles. The SMILES string of the molecule is COC(=O)C1CCCN2CC(Br)C(=O)N12. The number of alkyl halides is 1. The topological polar surface area (TPSA) is 49.9 Å². The van der Waals surface area contributed by atoms with Gasteiger partial charge in [-0.2, -0.15) is 0 Å². The number of hydrogen-bond acceptors (Lipinski definition) is 4. The number of carbonyl (C=O) groups is 2. The summed E-state index contributed by atoms with van der Waals surface area (Å²) in [5.74, 6) is -0.361. The highest BCUT2D eigenvalue weighted by Gasteiger charge is 2.45. The zero-order valence-electron chi connectivity index (χ0n) is 8.48. The van der Waals surface area contributed by atoms with Gasteiger partial charge in [0.25, 0.3) is 5.91 Å². The van der Waals surface area contributed by atoms with E-state index in [9.17, 15) is 9.59 Å². The predicted octanol–water partition coefficient (Wildman–Crippen LogP) is 0.144. The maximum absolute atomic E-state index is 11.8. The molecule has 6 heteroatoms. The monoisotopic (exact) mass is 276 g/mol. The number of methoxy groups -OCH3 is 1. The second-order valence-corrected chi connectivity index (χ2v) is 4.85. The molecule has 0 aromatic carbocycles. The summed E-state index contributed by atoms with van der Waals surface area (Å²) in [6, 6.07) is -0.432. The number of halogens is 1. The highest BCUT2D eigenvalue weighted by molar-refractivity contribution is 9.10. The summed E-state index contributed by atoms with van der Waals surface area (Å²) < 4.78 is 4.71. The van der Waals surface area contributed by atoms with Crippen LogP contribution in [-0.2, 0) is 14.3 Å². The molecule has 0 spiro atoms. The van der Waals surface area contributed by atoms with Gasteiger partial charge in [0, 0.05) is 13.1 Å². The van der Waals surface area contributed by atoms with Gasteiger partial charge in [-0.3, -0.25) is 9.80 Å². The molecular formula is C9H13BrN2O3. The van der Waals surface area contributed by atoms with Crippen LogP contribution >= 0.6 is 15.9 Å². The number of rotatable bonds is 1. The summed E-state index contributed by atoms with van der Waals surface area (Å²) in [7, 11) is 1.35. The molecular weight excluding hydrogens is 264 g/mol. The Kier molecular flexibility index (Phi) is 2.97. The Morgan fingerprint density at radius 3 is 3.00 bits per heavy atom. The summed E-state index contributed by atoms with van der Waals surface area (Å²) in [5.41, 5.74) is 0. The number of fused-ring (bicyclic) bond motifs is 1. The first kappa shape index (κ1) is 10.9. The quantitative estimate of drug-likeness (QED) is 0.505. The Labute approximate surface area is 96.4 Å². The van der Waals surface area contributed by atoms with E-state index >= 15 is 0 Å². The molecule has 2 heterocycles. The molecule has 2 rings (SSSR count). The van der Waals surface area contributed by atoms with E-state index in [1.54, 1.807) is 5.01 Å². The number of amides is 1. The van der Waals surface area contributed by atoms with Gasteiger partial charge in [-0.25, -0.2) is 9.80 Å². The minimum Gasteiger partial charge on any atom is -0.467 e. The van der Waals surface area contributed by atoms with Crippen LogP contribution in [0.3, 0.4) is 0 Å². The number of esters is 1.